The Bertz CT molecular complexity index is 1380. The molecule has 0 bridgehead atoms. The zero-order chi connectivity index (χ0) is 27.2. The van der Waals surface area contributed by atoms with Crippen LogP contribution in [0.1, 0.15) is 62.8 Å². The smallest absolute Gasteiger partial charge is 0.407 e. The number of hydrogen-bond donors (Lipinski definition) is 2. The molecule has 38 heavy (non-hydrogen) atoms. The maximum atomic E-state index is 14.0. The van der Waals surface area contributed by atoms with Crippen LogP contribution in [0, 0.1) is 5.82 Å². The number of alkyl carbamates (subject to hydrolysis) is 1. The molecule has 8 nitrogen and oxygen atoms in total. The number of fused-ring (bicyclic) bond motifs is 2. The summed E-state index contributed by atoms with van der Waals surface area (Å²) >= 11 is 0. The average molecular weight is 522 g/mol. The van der Waals surface area contributed by atoms with E-state index in [1.54, 1.807) is 11.0 Å². The lowest BCUT2D eigenvalue weighted by Crippen LogP contribution is -2.50. The molecule has 0 saturated carbocycles. The number of benzene rings is 2. The topological polar surface area (TPSA) is 78.8 Å². The average Bonchev–Trinajstić information content (AvgIpc) is 3.38. The lowest BCUT2D eigenvalue weighted by atomic mass is 10.0. The molecule has 5 rings (SSSR count). The second-order valence-corrected chi connectivity index (χ2v) is 11.1. The van der Waals surface area contributed by atoms with Crippen molar-refractivity contribution in [2.24, 2.45) is 0 Å². The second kappa shape index (κ2) is 9.85. The summed E-state index contributed by atoms with van der Waals surface area (Å²) in [5.41, 5.74) is 3.80. The van der Waals surface area contributed by atoms with Crippen molar-refractivity contribution in [1.29, 1.82) is 0 Å². The van der Waals surface area contributed by atoms with E-state index in [2.05, 4.69) is 33.1 Å². The maximum absolute atomic E-state index is 14.0. The SMILES string of the molecule is CCn1c(C2Nc3cc(C(=O)N4CCCC(NC(=O)OC(C)(C)C)C4)ccc3N2C)cc2ccc(F)cc21. The zero-order valence-electron chi connectivity index (χ0n) is 22.7. The summed E-state index contributed by atoms with van der Waals surface area (Å²) in [5.74, 6) is -0.313. The van der Waals surface area contributed by atoms with Gasteiger partial charge in [-0.3, -0.25) is 4.79 Å². The fourth-order valence-electron chi connectivity index (χ4n) is 5.51. The molecule has 0 aliphatic carbocycles. The van der Waals surface area contributed by atoms with Crippen molar-refractivity contribution >= 4 is 34.3 Å². The Hall–Kier alpha value is -3.75. The fourth-order valence-corrected chi connectivity index (χ4v) is 5.51. The number of ether oxygens (including phenoxy) is 1. The Labute approximate surface area is 222 Å². The van der Waals surface area contributed by atoms with Crippen molar-refractivity contribution in [3.8, 4) is 0 Å². The van der Waals surface area contributed by atoms with E-state index in [4.69, 9.17) is 4.74 Å². The highest BCUT2D eigenvalue weighted by Gasteiger charge is 2.32. The Kier molecular flexibility index (Phi) is 6.71. The van der Waals surface area contributed by atoms with Crippen molar-refractivity contribution in [2.45, 2.75) is 64.9 Å². The van der Waals surface area contributed by atoms with Crippen LogP contribution in [0.5, 0.6) is 0 Å². The Morgan fingerprint density at radius 2 is 1.95 bits per heavy atom. The standard InChI is InChI=1S/C29H36FN5O3/c1-6-35-24-16-20(30)11-9-18(24)15-25(35)26-32-22-14-19(10-12-23(22)33(26)5)27(36)34-13-7-8-21(17-34)31-28(37)38-29(2,3)4/h9-12,14-16,21,26,32H,6-8,13,17H2,1-5H3,(H,31,37). The highest BCUT2D eigenvalue weighted by molar-refractivity contribution is 5.97. The van der Waals surface area contributed by atoms with E-state index < -0.39 is 11.7 Å². The third-order valence-electron chi connectivity index (χ3n) is 7.23. The number of carbonyl (C=O) groups excluding carboxylic acids is 2. The molecule has 202 valence electrons. The van der Waals surface area contributed by atoms with Gasteiger partial charge in [-0.2, -0.15) is 0 Å². The third kappa shape index (κ3) is 5.01. The number of hydrogen-bond acceptors (Lipinski definition) is 5. The molecule has 1 saturated heterocycles. The van der Waals surface area contributed by atoms with E-state index in [1.165, 1.54) is 6.07 Å². The molecular formula is C29H36FN5O3. The van der Waals surface area contributed by atoms with Crippen molar-refractivity contribution in [2.75, 3.05) is 30.4 Å². The molecule has 9 heteroatoms. The monoisotopic (exact) mass is 521 g/mol. The Morgan fingerprint density at radius 1 is 1.16 bits per heavy atom. The Morgan fingerprint density at radius 3 is 2.68 bits per heavy atom. The van der Waals surface area contributed by atoms with Gasteiger partial charge in [0.1, 0.15) is 17.6 Å². The molecule has 3 aromatic rings. The minimum absolute atomic E-state index is 0.0606. The number of anilines is 2. The van der Waals surface area contributed by atoms with Crippen molar-refractivity contribution in [1.82, 2.24) is 14.8 Å². The molecule has 2 aliphatic heterocycles. The van der Waals surface area contributed by atoms with Crippen molar-refractivity contribution < 1.29 is 18.7 Å². The van der Waals surface area contributed by atoms with E-state index >= 15 is 0 Å². The largest absolute Gasteiger partial charge is 0.444 e. The number of nitrogens with zero attached hydrogens (tertiary/aromatic N) is 3. The fraction of sp³-hybridized carbons (Fsp3) is 0.448. The van der Waals surface area contributed by atoms with E-state index in [0.29, 0.717) is 25.2 Å². The molecule has 3 heterocycles. The van der Waals surface area contributed by atoms with E-state index in [0.717, 1.165) is 40.8 Å². The van der Waals surface area contributed by atoms with E-state index in [9.17, 15) is 14.0 Å². The van der Waals surface area contributed by atoms with Crippen LogP contribution in [-0.4, -0.2) is 53.2 Å². The number of rotatable bonds is 4. The first-order valence-corrected chi connectivity index (χ1v) is 13.2. The number of piperidine rings is 1. The van der Waals surface area contributed by atoms with E-state index in [-0.39, 0.29) is 23.9 Å². The van der Waals surface area contributed by atoms with Gasteiger partial charge in [-0.1, -0.05) is 0 Å². The molecule has 2 aliphatic rings. The maximum Gasteiger partial charge on any atom is 0.407 e. The summed E-state index contributed by atoms with van der Waals surface area (Å²) < 4.78 is 21.5. The van der Waals surface area contributed by atoms with Gasteiger partial charge in [0.05, 0.1) is 22.6 Å². The van der Waals surface area contributed by atoms with Gasteiger partial charge in [-0.25, -0.2) is 9.18 Å². The summed E-state index contributed by atoms with van der Waals surface area (Å²) in [4.78, 5) is 29.6. The number of halogens is 1. The highest BCUT2D eigenvalue weighted by Crippen LogP contribution is 2.42. The summed E-state index contributed by atoms with van der Waals surface area (Å²) in [5, 5.41) is 7.47. The summed E-state index contributed by atoms with van der Waals surface area (Å²) in [6.45, 7) is 9.33. The molecule has 2 N–H and O–H groups in total. The lowest BCUT2D eigenvalue weighted by molar-refractivity contribution is 0.0452. The van der Waals surface area contributed by atoms with Crippen LogP contribution in [0.15, 0.2) is 42.5 Å². The molecule has 1 fully saturated rings. The minimum atomic E-state index is -0.571. The number of likely N-dealkylation sites (tertiary alicyclic amines) is 1. The summed E-state index contributed by atoms with van der Waals surface area (Å²) in [7, 11) is 2.01. The van der Waals surface area contributed by atoms with Gasteiger partial charge in [-0.15, -0.1) is 0 Å². The first-order chi connectivity index (χ1) is 18.0. The van der Waals surface area contributed by atoms with Crippen LogP contribution in [0.2, 0.25) is 0 Å². The van der Waals surface area contributed by atoms with Gasteiger partial charge in [0, 0.05) is 43.7 Å². The van der Waals surface area contributed by atoms with Gasteiger partial charge in [0.25, 0.3) is 5.91 Å². The highest BCUT2D eigenvalue weighted by atomic mass is 19.1. The van der Waals surface area contributed by atoms with Crippen LogP contribution >= 0.6 is 0 Å². The minimum Gasteiger partial charge on any atom is -0.444 e. The van der Waals surface area contributed by atoms with Crippen molar-refractivity contribution in [3.63, 3.8) is 0 Å². The number of carbonyl (C=O) groups is 2. The van der Waals surface area contributed by atoms with Crippen LogP contribution in [0.3, 0.4) is 0 Å². The number of aryl methyl sites for hydroxylation is 1. The summed E-state index contributed by atoms with van der Waals surface area (Å²) in [6.07, 6.45) is 1.00. The number of nitrogens with one attached hydrogen (secondary N) is 2. The van der Waals surface area contributed by atoms with Gasteiger partial charge < -0.3 is 29.7 Å². The predicted molar refractivity (Wildman–Crippen MR) is 147 cm³/mol. The molecule has 0 radical (unpaired) electrons. The number of amides is 2. The van der Waals surface area contributed by atoms with Gasteiger partial charge in [-0.05, 0) is 83.0 Å². The Balaban J connectivity index is 1.32. The second-order valence-electron chi connectivity index (χ2n) is 11.1. The lowest BCUT2D eigenvalue weighted by Gasteiger charge is -2.33. The molecular weight excluding hydrogens is 485 g/mol. The molecule has 0 spiro atoms. The van der Waals surface area contributed by atoms with Crippen LogP contribution in [-0.2, 0) is 11.3 Å². The van der Waals surface area contributed by atoms with Gasteiger partial charge >= 0.3 is 6.09 Å². The molecule has 2 unspecified atom stereocenters. The molecule has 1 aromatic heterocycles. The first-order valence-electron chi connectivity index (χ1n) is 13.2. The normalized spacial score (nSPS) is 19.3. The first kappa shape index (κ1) is 25.9. The van der Waals surface area contributed by atoms with Crippen LogP contribution in [0.25, 0.3) is 10.9 Å². The third-order valence-corrected chi connectivity index (χ3v) is 7.23. The zero-order valence-corrected chi connectivity index (χ0v) is 22.7. The van der Waals surface area contributed by atoms with Gasteiger partial charge in [0.2, 0.25) is 0 Å². The molecule has 2 atom stereocenters. The number of aromatic nitrogens is 1. The molecule has 2 aromatic carbocycles. The van der Waals surface area contributed by atoms with E-state index in [1.807, 2.05) is 52.1 Å². The molecule has 2 amide bonds. The van der Waals surface area contributed by atoms with Crippen molar-refractivity contribution in [3.05, 3.63) is 59.5 Å². The van der Waals surface area contributed by atoms with Crippen LogP contribution in [0.4, 0.5) is 20.6 Å². The van der Waals surface area contributed by atoms with Crippen LogP contribution < -0.4 is 15.5 Å². The predicted octanol–water partition coefficient (Wildman–Crippen LogP) is 5.49. The van der Waals surface area contributed by atoms with Gasteiger partial charge in [0.15, 0.2) is 0 Å². The quantitative estimate of drug-likeness (QED) is 0.475. The summed E-state index contributed by atoms with van der Waals surface area (Å²) in [6, 6.07) is 12.5.